The van der Waals surface area contributed by atoms with Crippen molar-refractivity contribution < 1.29 is 19.5 Å². The number of halogens is 1. The molecule has 3 aliphatic heterocycles. The van der Waals surface area contributed by atoms with Gasteiger partial charge in [0, 0.05) is 34.9 Å². The fourth-order valence-corrected chi connectivity index (χ4v) is 11.4. The molecule has 1 saturated carbocycles. The van der Waals surface area contributed by atoms with Crippen molar-refractivity contribution in [3.63, 3.8) is 0 Å². The molecule has 3 unspecified atom stereocenters. The van der Waals surface area contributed by atoms with Crippen molar-refractivity contribution >= 4 is 51.1 Å². The molecule has 0 aromatic heterocycles. The van der Waals surface area contributed by atoms with Gasteiger partial charge < -0.3 is 19.8 Å². The van der Waals surface area contributed by atoms with Gasteiger partial charge in [-0.1, -0.05) is 72.5 Å². The number of alkyl halides is 1. The Labute approximate surface area is 256 Å². The molecule has 4 fully saturated rings. The van der Waals surface area contributed by atoms with Crippen LogP contribution in [-0.2, 0) is 14.4 Å². The van der Waals surface area contributed by atoms with Gasteiger partial charge >= 0.3 is 0 Å². The van der Waals surface area contributed by atoms with Crippen LogP contribution in [0.15, 0.2) is 55.6 Å². The normalized spacial score (nSPS) is 31.5. The molecule has 222 valence electrons. The number of anilines is 1. The number of para-hydroxylation sites is 1. The molecular weight excluding hydrogens is 602 g/mol. The van der Waals surface area contributed by atoms with Crippen LogP contribution in [0.5, 0.6) is 0 Å². The molecular formula is C32H42BrN3O4S. The minimum Gasteiger partial charge on any atom is -0.394 e. The number of benzene rings is 1. The van der Waals surface area contributed by atoms with Crippen molar-refractivity contribution in [2.45, 2.75) is 84.8 Å². The number of amides is 3. The van der Waals surface area contributed by atoms with Crippen LogP contribution in [0, 0.1) is 11.8 Å². The van der Waals surface area contributed by atoms with Crippen LogP contribution in [0.4, 0.5) is 5.69 Å². The summed E-state index contributed by atoms with van der Waals surface area (Å²) in [5.41, 5.74) is 0.761. The fraction of sp³-hybridized carbons (Fsp3) is 0.594. The molecule has 1 spiro atoms. The lowest BCUT2D eigenvalue weighted by atomic mass is 9.70. The number of nitrogens with zero attached hydrogens (tertiary/aromatic N) is 3. The molecule has 7 nitrogen and oxygen atoms in total. The Bertz CT molecular complexity index is 1160. The summed E-state index contributed by atoms with van der Waals surface area (Å²) in [5.74, 6) is -1.58. The number of fused-ring (bicyclic) bond motifs is 1. The van der Waals surface area contributed by atoms with Crippen LogP contribution in [0.25, 0.3) is 0 Å². The molecule has 1 N–H and O–H groups in total. The SMILES string of the molecule is C=CCN(C(=O)[C@H]1[C@@H]2SC3(CC2Br)C(C(=O)N(CC=C)C2CCCCC2)N([C@@H](CC)CO)C(=O)[C@H]13)c1ccccc1. The van der Waals surface area contributed by atoms with E-state index in [1.165, 1.54) is 6.42 Å². The van der Waals surface area contributed by atoms with Gasteiger partial charge in [-0.15, -0.1) is 24.9 Å². The summed E-state index contributed by atoms with van der Waals surface area (Å²) >= 11 is 5.53. The molecule has 41 heavy (non-hydrogen) atoms. The van der Waals surface area contributed by atoms with Crippen LogP contribution in [-0.4, -0.2) is 85.3 Å². The average molecular weight is 645 g/mol. The summed E-state index contributed by atoms with van der Waals surface area (Å²) in [5, 5.41) is 10.3. The lowest BCUT2D eigenvalue weighted by Gasteiger charge is -2.42. The Morgan fingerprint density at radius 1 is 1.15 bits per heavy atom. The molecule has 9 heteroatoms. The highest BCUT2D eigenvalue weighted by Gasteiger charge is 2.76. The lowest BCUT2D eigenvalue weighted by molar-refractivity contribution is -0.147. The number of hydrogen-bond donors (Lipinski definition) is 1. The Morgan fingerprint density at radius 2 is 1.83 bits per heavy atom. The van der Waals surface area contributed by atoms with Gasteiger partial charge in [0.1, 0.15) is 6.04 Å². The highest BCUT2D eigenvalue weighted by molar-refractivity contribution is 9.09. The third-order valence-electron chi connectivity index (χ3n) is 9.59. The van der Waals surface area contributed by atoms with E-state index in [0.29, 0.717) is 25.9 Å². The Morgan fingerprint density at radius 3 is 2.44 bits per heavy atom. The number of rotatable bonds is 11. The number of thioether (sulfide) groups is 1. The average Bonchev–Trinajstić information content (AvgIpc) is 3.59. The third kappa shape index (κ3) is 5.10. The van der Waals surface area contributed by atoms with Gasteiger partial charge in [-0.2, -0.15) is 0 Å². The van der Waals surface area contributed by atoms with E-state index in [-0.39, 0.29) is 40.4 Å². The molecule has 5 rings (SSSR count). The quantitative estimate of drug-likeness (QED) is 0.277. The molecule has 2 bridgehead atoms. The van der Waals surface area contributed by atoms with E-state index < -0.39 is 28.7 Å². The second-order valence-electron chi connectivity index (χ2n) is 11.8. The van der Waals surface area contributed by atoms with E-state index in [9.17, 15) is 19.5 Å². The standard InChI is InChI=1S/C32H42BrN3O4S/c1-4-17-34(22-13-9-7-10-14-22)29(38)25-26-30(39)36(21(6-3)20-37)28(32(26)19-24(33)27(25)41-32)31(40)35(18-5-2)23-15-11-8-12-16-23/h4-5,7,9-10,13-14,21,23-28,37H,1-2,6,8,11-12,15-20H2,3H3/t21-,24?,25+,26-,27+,28?,32?/m0/s1. The van der Waals surface area contributed by atoms with Crippen molar-refractivity contribution in [3.8, 4) is 0 Å². The zero-order valence-corrected chi connectivity index (χ0v) is 26.3. The molecule has 1 aromatic carbocycles. The molecule has 1 aliphatic carbocycles. The van der Waals surface area contributed by atoms with E-state index in [2.05, 4.69) is 29.1 Å². The van der Waals surface area contributed by atoms with Crippen molar-refractivity contribution in [1.82, 2.24) is 9.80 Å². The number of aliphatic hydroxyl groups excluding tert-OH is 1. The molecule has 4 aliphatic rings. The predicted octanol–water partition coefficient (Wildman–Crippen LogP) is 4.79. The van der Waals surface area contributed by atoms with Gasteiger partial charge in [0.15, 0.2) is 0 Å². The summed E-state index contributed by atoms with van der Waals surface area (Å²) in [6.45, 7) is 10.3. The van der Waals surface area contributed by atoms with Crippen LogP contribution in [0.2, 0.25) is 0 Å². The van der Waals surface area contributed by atoms with E-state index >= 15 is 0 Å². The van der Waals surface area contributed by atoms with Crippen molar-refractivity contribution in [1.29, 1.82) is 0 Å². The first-order valence-corrected chi connectivity index (χ1v) is 16.8. The Balaban J connectivity index is 1.58. The highest BCUT2D eigenvalue weighted by Crippen LogP contribution is 2.68. The molecule has 3 amide bonds. The Kier molecular flexibility index (Phi) is 9.36. The number of hydrogen-bond acceptors (Lipinski definition) is 5. The molecule has 3 saturated heterocycles. The van der Waals surface area contributed by atoms with Crippen LogP contribution in [0.3, 0.4) is 0 Å². The van der Waals surface area contributed by atoms with Crippen LogP contribution >= 0.6 is 27.7 Å². The predicted molar refractivity (Wildman–Crippen MR) is 168 cm³/mol. The second kappa shape index (κ2) is 12.6. The largest absolute Gasteiger partial charge is 0.394 e. The van der Waals surface area contributed by atoms with Gasteiger partial charge in [-0.05, 0) is 37.8 Å². The topological polar surface area (TPSA) is 81.2 Å². The summed E-state index contributed by atoms with van der Waals surface area (Å²) in [4.78, 5) is 49.1. The summed E-state index contributed by atoms with van der Waals surface area (Å²) in [6.07, 6.45) is 9.85. The first-order chi connectivity index (χ1) is 19.8. The number of aliphatic hydroxyl groups is 1. The van der Waals surface area contributed by atoms with E-state index in [1.54, 1.807) is 33.7 Å². The van der Waals surface area contributed by atoms with E-state index in [4.69, 9.17) is 0 Å². The maximum Gasteiger partial charge on any atom is 0.247 e. The molecule has 3 heterocycles. The number of likely N-dealkylation sites (tertiary alicyclic amines) is 1. The van der Waals surface area contributed by atoms with Crippen LogP contribution in [0.1, 0.15) is 51.9 Å². The third-order valence-corrected chi connectivity index (χ3v) is 12.8. The van der Waals surface area contributed by atoms with E-state index in [1.807, 2.05) is 42.2 Å². The Hall–Kier alpha value is -2.10. The van der Waals surface area contributed by atoms with Gasteiger partial charge in [0.25, 0.3) is 0 Å². The van der Waals surface area contributed by atoms with Gasteiger partial charge in [0.2, 0.25) is 17.7 Å². The zero-order valence-electron chi connectivity index (χ0n) is 23.9. The van der Waals surface area contributed by atoms with Crippen molar-refractivity contribution in [3.05, 3.63) is 55.6 Å². The number of carbonyl (C=O) groups is 3. The smallest absolute Gasteiger partial charge is 0.247 e. The van der Waals surface area contributed by atoms with Gasteiger partial charge in [-0.3, -0.25) is 14.4 Å². The van der Waals surface area contributed by atoms with Crippen LogP contribution < -0.4 is 4.90 Å². The lowest BCUT2D eigenvalue weighted by Crippen LogP contribution is -2.59. The zero-order chi connectivity index (χ0) is 29.3. The van der Waals surface area contributed by atoms with Gasteiger partial charge in [-0.25, -0.2) is 0 Å². The van der Waals surface area contributed by atoms with Crippen molar-refractivity contribution in [2.75, 3.05) is 24.6 Å². The summed E-state index contributed by atoms with van der Waals surface area (Å²) in [6, 6.07) is 8.37. The first-order valence-electron chi connectivity index (χ1n) is 15.0. The minimum absolute atomic E-state index is 0.0150. The minimum atomic E-state index is -0.749. The first kappa shape index (κ1) is 30.4. The second-order valence-corrected chi connectivity index (χ2v) is 14.5. The maximum absolute atomic E-state index is 14.8. The van der Waals surface area contributed by atoms with E-state index in [0.717, 1.165) is 31.4 Å². The van der Waals surface area contributed by atoms with Crippen molar-refractivity contribution in [2.24, 2.45) is 11.8 Å². The molecule has 1 aromatic rings. The maximum atomic E-state index is 14.8. The summed E-state index contributed by atoms with van der Waals surface area (Å²) in [7, 11) is 0. The number of carbonyl (C=O) groups excluding carboxylic acids is 3. The molecule has 0 radical (unpaired) electrons. The fourth-order valence-electron chi connectivity index (χ4n) is 7.78. The molecule has 7 atom stereocenters. The summed E-state index contributed by atoms with van der Waals surface area (Å²) < 4.78 is -0.749. The monoisotopic (exact) mass is 643 g/mol. The highest BCUT2D eigenvalue weighted by atomic mass is 79.9. The van der Waals surface area contributed by atoms with Gasteiger partial charge in [0.05, 0.1) is 29.2 Å².